The molecule has 2 rings (SSSR count). The quantitative estimate of drug-likeness (QED) is 0.934. The summed E-state index contributed by atoms with van der Waals surface area (Å²) in [5.74, 6) is -1.15. The zero-order chi connectivity index (χ0) is 14.0. The first kappa shape index (κ1) is 13.7. The summed E-state index contributed by atoms with van der Waals surface area (Å²) in [5.41, 5.74) is 2.33. The average Bonchev–Trinajstić information content (AvgIpc) is 2.39. The van der Waals surface area contributed by atoms with Crippen molar-refractivity contribution in [1.82, 2.24) is 10.2 Å². The van der Waals surface area contributed by atoms with Crippen molar-refractivity contribution in [1.29, 1.82) is 0 Å². The first-order valence-corrected chi connectivity index (χ1v) is 6.04. The molecule has 19 heavy (non-hydrogen) atoms. The summed E-state index contributed by atoms with van der Waals surface area (Å²) in [4.78, 5) is 0. The third kappa shape index (κ3) is 2.98. The van der Waals surface area contributed by atoms with Crippen LogP contribution in [0.1, 0.15) is 16.7 Å². The van der Waals surface area contributed by atoms with Crippen molar-refractivity contribution in [3.05, 3.63) is 51.7 Å². The second-order valence-corrected chi connectivity index (χ2v) is 4.55. The highest BCUT2D eigenvalue weighted by molar-refractivity contribution is 6.30. The Morgan fingerprint density at radius 2 is 1.84 bits per heavy atom. The molecule has 0 unspecified atom stereocenters. The van der Waals surface area contributed by atoms with E-state index in [4.69, 9.17) is 11.6 Å². The summed E-state index contributed by atoms with van der Waals surface area (Å²) in [6.45, 7) is 4.03. The van der Waals surface area contributed by atoms with Crippen molar-refractivity contribution in [3.8, 4) is 0 Å². The molecule has 1 N–H and O–H groups in total. The summed E-state index contributed by atoms with van der Waals surface area (Å²) in [5, 5.41) is 11.1. The molecule has 0 saturated heterocycles. The predicted octanol–water partition coefficient (Wildman–Crippen LogP) is 3.64. The molecule has 0 radical (unpaired) electrons. The fourth-order valence-corrected chi connectivity index (χ4v) is 1.76. The highest BCUT2D eigenvalue weighted by atomic mass is 35.5. The standard InChI is InChI=1S/C13H12ClF2N3/c1-7-8(2)13(19-18-12(7)14)17-6-9-3-4-10(15)11(16)5-9/h3-5H,6H2,1-2H3,(H,17,19). The number of nitrogens with one attached hydrogen (secondary N) is 1. The van der Waals surface area contributed by atoms with Crippen LogP contribution in [-0.2, 0) is 6.54 Å². The van der Waals surface area contributed by atoms with Gasteiger partial charge in [0.1, 0.15) is 0 Å². The van der Waals surface area contributed by atoms with Crippen LogP contribution in [0.4, 0.5) is 14.6 Å². The second kappa shape index (κ2) is 5.48. The van der Waals surface area contributed by atoms with Gasteiger partial charge in [-0.05, 0) is 42.7 Å². The lowest BCUT2D eigenvalue weighted by Gasteiger charge is -2.10. The van der Waals surface area contributed by atoms with Gasteiger partial charge in [-0.2, -0.15) is 0 Å². The largest absolute Gasteiger partial charge is 0.364 e. The highest BCUT2D eigenvalue weighted by Gasteiger charge is 2.08. The lowest BCUT2D eigenvalue weighted by molar-refractivity contribution is 0.507. The summed E-state index contributed by atoms with van der Waals surface area (Å²) in [7, 11) is 0. The van der Waals surface area contributed by atoms with Crippen LogP contribution < -0.4 is 5.32 Å². The molecular formula is C13H12ClF2N3. The Morgan fingerprint density at radius 3 is 2.53 bits per heavy atom. The van der Waals surface area contributed by atoms with Gasteiger partial charge in [0.2, 0.25) is 0 Å². The zero-order valence-electron chi connectivity index (χ0n) is 10.5. The number of nitrogens with zero attached hydrogens (tertiary/aromatic N) is 2. The van der Waals surface area contributed by atoms with Gasteiger partial charge in [0, 0.05) is 6.54 Å². The van der Waals surface area contributed by atoms with Crippen molar-refractivity contribution < 1.29 is 8.78 Å². The van der Waals surface area contributed by atoms with E-state index in [0.717, 1.165) is 23.3 Å². The SMILES string of the molecule is Cc1c(Cl)nnc(NCc2ccc(F)c(F)c2)c1C. The fourth-order valence-electron chi connectivity index (χ4n) is 1.58. The molecule has 0 aliphatic carbocycles. The predicted molar refractivity (Wildman–Crippen MR) is 70.2 cm³/mol. The number of aromatic nitrogens is 2. The van der Waals surface area contributed by atoms with Gasteiger partial charge in [-0.25, -0.2) is 8.78 Å². The highest BCUT2D eigenvalue weighted by Crippen LogP contribution is 2.21. The normalized spacial score (nSPS) is 10.6. The Hall–Kier alpha value is -1.75. The van der Waals surface area contributed by atoms with Gasteiger partial charge >= 0.3 is 0 Å². The zero-order valence-corrected chi connectivity index (χ0v) is 11.2. The molecule has 6 heteroatoms. The van der Waals surface area contributed by atoms with Crippen LogP contribution in [0.5, 0.6) is 0 Å². The molecule has 1 heterocycles. The third-order valence-electron chi connectivity index (χ3n) is 2.91. The molecule has 0 spiro atoms. The Morgan fingerprint density at radius 1 is 1.11 bits per heavy atom. The minimum Gasteiger partial charge on any atom is -0.364 e. The van der Waals surface area contributed by atoms with Gasteiger partial charge in [-0.3, -0.25) is 0 Å². The molecule has 0 fully saturated rings. The summed E-state index contributed by atoms with van der Waals surface area (Å²) in [6, 6.07) is 3.75. The minimum absolute atomic E-state index is 0.327. The Kier molecular flexibility index (Phi) is 3.95. The van der Waals surface area contributed by atoms with Gasteiger partial charge in [0.05, 0.1) is 0 Å². The molecule has 100 valence electrons. The van der Waals surface area contributed by atoms with Gasteiger partial charge in [0.25, 0.3) is 0 Å². The van der Waals surface area contributed by atoms with Gasteiger partial charge in [0.15, 0.2) is 22.6 Å². The molecule has 2 aromatic rings. The van der Waals surface area contributed by atoms with E-state index in [-0.39, 0.29) is 0 Å². The molecule has 0 atom stereocenters. The summed E-state index contributed by atoms with van der Waals surface area (Å²) in [6.07, 6.45) is 0. The first-order chi connectivity index (χ1) is 8.99. The van der Waals surface area contributed by atoms with E-state index < -0.39 is 11.6 Å². The molecular weight excluding hydrogens is 272 g/mol. The van der Waals surface area contributed by atoms with Crippen molar-refractivity contribution in [2.45, 2.75) is 20.4 Å². The number of anilines is 1. The maximum absolute atomic E-state index is 13.1. The van der Waals surface area contributed by atoms with Crippen molar-refractivity contribution >= 4 is 17.4 Å². The van der Waals surface area contributed by atoms with E-state index >= 15 is 0 Å². The summed E-state index contributed by atoms with van der Waals surface area (Å²) >= 11 is 5.85. The number of hydrogen-bond donors (Lipinski definition) is 1. The molecule has 0 bridgehead atoms. The maximum atomic E-state index is 13.1. The Balaban J connectivity index is 2.14. The lowest BCUT2D eigenvalue weighted by Crippen LogP contribution is -2.06. The number of halogens is 3. The van der Waals surface area contributed by atoms with E-state index in [1.807, 2.05) is 13.8 Å². The summed E-state index contributed by atoms with van der Waals surface area (Å²) < 4.78 is 25.8. The van der Waals surface area contributed by atoms with Crippen molar-refractivity contribution in [2.24, 2.45) is 0 Å². The minimum atomic E-state index is -0.866. The van der Waals surface area contributed by atoms with Crippen LogP contribution in [0.25, 0.3) is 0 Å². The van der Waals surface area contributed by atoms with E-state index in [9.17, 15) is 8.78 Å². The topological polar surface area (TPSA) is 37.8 Å². The molecule has 0 amide bonds. The first-order valence-electron chi connectivity index (χ1n) is 5.66. The lowest BCUT2D eigenvalue weighted by atomic mass is 10.2. The molecule has 3 nitrogen and oxygen atoms in total. The van der Waals surface area contributed by atoms with Crippen LogP contribution in [0, 0.1) is 25.5 Å². The van der Waals surface area contributed by atoms with Gasteiger partial charge < -0.3 is 5.32 Å². The van der Waals surface area contributed by atoms with Crippen LogP contribution in [0.2, 0.25) is 5.15 Å². The van der Waals surface area contributed by atoms with E-state index in [1.165, 1.54) is 6.07 Å². The molecule has 0 aliphatic rings. The number of rotatable bonds is 3. The van der Waals surface area contributed by atoms with E-state index in [0.29, 0.717) is 23.1 Å². The molecule has 0 aliphatic heterocycles. The van der Waals surface area contributed by atoms with Gasteiger partial charge in [-0.15, -0.1) is 10.2 Å². The van der Waals surface area contributed by atoms with Crippen LogP contribution in [-0.4, -0.2) is 10.2 Å². The Bertz CT molecular complexity index is 617. The van der Waals surface area contributed by atoms with Crippen LogP contribution >= 0.6 is 11.6 Å². The Labute approximate surface area is 114 Å². The average molecular weight is 284 g/mol. The molecule has 1 aromatic carbocycles. The van der Waals surface area contributed by atoms with Gasteiger partial charge in [-0.1, -0.05) is 17.7 Å². The number of hydrogen-bond acceptors (Lipinski definition) is 3. The maximum Gasteiger partial charge on any atom is 0.159 e. The van der Waals surface area contributed by atoms with E-state index in [1.54, 1.807) is 0 Å². The molecule has 1 aromatic heterocycles. The van der Waals surface area contributed by atoms with Crippen molar-refractivity contribution in [2.75, 3.05) is 5.32 Å². The second-order valence-electron chi connectivity index (χ2n) is 4.19. The third-order valence-corrected chi connectivity index (χ3v) is 3.27. The monoisotopic (exact) mass is 283 g/mol. The number of benzene rings is 1. The van der Waals surface area contributed by atoms with Crippen molar-refractivity contribution in [3.63, 3.8) is 0 Å². The van der Waals surface area contributed by atoms with E-state index in [2.05, 4.69) is 15.5 Å². The smallest absolute Gasteiger partial charge is 0.159 e. The van der Waals surface area contributed by atoms with Crippen LogP contribution in [0.3, 0.4) is 0 Å². The fraction of sp³-hybridized carbons (Fsp3) is 0.231. The molecule has 0 saturated carbocycles. The van der Waals surface area contributed by atoms with Crippen LogP contribution in [0.15, 0.2) is 18.2 Å².